The number of carbonyl (C=O) groups is 1. The van der Waals surface area contributed by atoms with E-state index in [4.69, 9.17) is 9.26 Å². The van der Waals surface area contributed by atoms with Gasteiger partial charge in [-0.15, -0.1) is 0 Å². The Morgan fingerprint density at radius 1 is 1.17 bits per heavy atom. The molecule has 0 bridgehead atoms. The van der Waals surface area contributed by atoms with Gasteiger partial charge in [0, 0.05) is 12.1 Å². The van der Waals surface area contributed by atoms with E-state index in [1.807, 2.05) is 38.1 Å². The number of hydrogen-bond donors (Lipinski definition) is 1. The van der Waals surface area contributed by atoms with Crippen molar-refractivity contribution in [2.45, 2.75) is 40.0 Å². The minimum absolute atomic E-state index is 0.00106. The highest BCUT2D eigenvalue weighted by Crippen LogP contribution is 2.13. The SMILES string of the molecule is Cc1ccc(OCCCCNC(=O)Cc2c(C)noc2C)cc1. The second-order valence-corrected chi connectivity index (χ2v) is 5.70. The van der Waals surface area contributed by atoms with Gasteiger partial charge in [-0.25, -0.2) is 0 Å². The van der Waals surface area contributed by atoms with E-state index in [1.54, 1.807) is 0 Å². The van der Waals surface area contributed by atoms with Crippen molar-refractivity contribution in [1.82, 2.24) is 10.5 Å². The minimum atomic E-state index is -0.00106. The molecule has 124 valence electrons. The molecule has 0 spiro atoms. The Bertz CT molecular complexity index is 613. The lowest BCUT2D eigenvalue weighted by Gasteiger charge is -2.07. The highest BCUT2D eigenvalue weighted by Gasteiger charge is 2.12. The van der Waals surface area contributed by atoms with Crippen LogP contribution in [0, 0.1) is 20.8 Å². The maximum absolute atomic E-state index is 11.9. The number of carbonyl (C=O) groups excluding carboxylic acids is 1. The van der Waals surface area contributed by atoms with Crippen LogP contribution in [0.2, 0.25) is 0 Å². The Balaban J connectivity index is 1.58. The molecule has 0 aliphatic heterocycles. The number of benzene rings is 1. The van der Waals surface area contributed by atoms with Crippen molar-refractivity contribution in [3.8, 4) is 5.75 Å². The van der Waals surface area contributed by atoms with Crippen molar-refractivity contribution in [3.63, 3.8) is 0 Å². The second-order valence-electron chi connectivity index (χ2n) is 5.70. The molecular formula is C18H24N2O3. The molecule has 1 aromatic heterocycles. The average molecular weight is 316 g/mol. The molecule has 1 heterocycles. The van der Waals surface area contributed by atoms with E-state index in [0.717, 1.165) is 29.8 Å². The predicted octanol–water partition coefficient (Wildman–Crippen LogP) is 3.12. The Kier molecular flexibility index (Phi) is 6.20. The van der Waals surface area contributed by atoms with Gasteiger partial charge in [-0.05, 0) is 45.7 Å². The summed E-state index contributed by atoms with van der Waals surface area (Å²) in [6.45, 7) is 7.03. The van der Waals surface area contributed by atoms with Crippen LogP contribution < -0.4 is 10.1 Å². The Hall–Kier alpha value is -2.30. The average Bonchev–Trinajstić information content (AvgIpc) is 2.84. The minimum Gasteiger partial charge on any atom is -0.494 e. The van der Waals surface area contributed by atoms with Crippen LogP contribution >= 0.6 is 0 Å². The van der Waals surface area contributed by atoms with Crippen LogP contribution in [0.25, 0.3) is 0 Å². The largest absolute Gasteiger partial charge is 0.494 e. The number of aryl methyl sites for hydroxylation is 3. The lowest BCUT2D eigenvalue weighted by atomic mass is 10.1. The summed E-state index contributed by atoms with van der Waals surface area (Å²) in [6.07, 6.45) is 2.11. The molecule has 23 heavy (non-hydrogen) atoms. The van der Waals surface area contributed by atoms with Gasteiger partial charge in [0.05, 0.1) is 18.7 Å². The quantitative estimate of drug-likeness (QED) is 0.760. The topological polar surface area (TPSA) is 64.4 Å². The van der Waals surface area contributed by atoms with E-state index < -0.39 is 0 Å². The molecule has 2 aromatic rings. The summed E-state index contributed by atoms with van der Waals surface area (Å²) in [4.78, 5) is 11.9. The highest BCUT2D eigenvalue weighted by atomic mass is 16.5. The van der Waals surface area contributed by atoms with Crippen molar-refractivity contribution < 1.29 is 14.1 Å². The third-order valence-corrected chi connectivity index (χ3v) is 3.70. The first-order valence-electron chi connectivity index (χ1n) is 7.94. The smallest absolute Gasteiger partial charge is 0.224 e. The van der Waals surface area contributed by atoms with E-state index in [9.17, 15) is 4.79 Å². The van der Waals surface area contributed by atoms with Crippen LogP contribution in [-0.2, 0) is 11.2 Å². The van der Waals surface area contributed by atoms with Crippen molar-refractivity contribution >= 4 is 5.91 Å². The molecule has 2 rings (SSSR count). The van der Waals surface area contributed by atoms with E-state index in [-0.39, 0.29) is 5.91 Å². The van der Waals surface area contributed by atoms with Gasteiger partial charge in [0.2, 0.25) is 5.91 Å². The number of unbranched alkanes of at least 4 members (excludes halogenated alkanes) is 1. The van der Waals surface area contributed by atoms with E-state index in [0.29, 0.717) is 25.3 Å². The summed E-state index contributed by atoms with van der Waals surface area (Å²) in [5.41, 5.74) is 2.88. The van der Waals surface area contributed by atoms with Gasteiger partial charge in [0.25, 0.3) is 0 Å². The first kappa shape index (κ1) is 17.1. The Morgan fingerprint density at radius 2 is 1.91 bits per heavy atom. The molecule has 5 heteroatoms. The summed E-state index contributed by atoms with van der Waals surface area (Å²) in [6, 6.07) is 8.01. The van der Waals surface area contributed by atoms with E-state index in [1.165, 1.54) is 5.56 Å². The number of amides is 1. The van der Waals surface area contributed by atoms with Gasteiger partial charge in [0.15, 0.2) is 0 Å². The normalized spacial score (nSPS) is 10.6. The molecule has 0 saturated carbocycles. The van der Waals surface area contributed by atoms with Crippen LogP contribution in [-0.4, -0.2) is 24.2 Å². The third-order valence-electron chi connectivity index (χ3n) is 3.70. The molecule has 0 aliphatic rings. The van der Waals surface area contributed by atoms with E-state index in [2.05, 4.69) is 17.4 Å². The van der Waals surface area contributed by atoms with Gasteiger partial charge >= 0.3 is 0 Å². The number of ether oxygens (including phenoxy) is 1. The van der Waals surface area contributed by atoms with Crippen LogP contribution in [0.1, 0.15) is 35.4 Å². The van der Waals surface area contributed by atoms with Crippen molar-refractivity contribution in [2.24, 2.45) is 0 Å². The molecule has 0 atom stereocenters. The molecule has 0 unspecified atom stereocenters. The monoisotopic (exact) mass is 316 g/mol. The molecule has 1 aromatic carbocycles. The van der Waals surface area contributed by atoms with Crippen LogP contribution in [0.4, 0.5) is 0 Å². The summed E-state index contributed by atoms with van der Waals surface area (Å²) < 4.78 is 10.7. The summed E-state index contributed by atoms with van der Waals surface area (Å²) in [5, 5.41) is 6.77. The lowest BCUT2D eigenvalue weighted by molar-refractivity contribution is -0.120. The molecule has 0 aliphatic carbocycles. The summed E-state index contributed by atoms with van der Waals surface area (Å²) >= 11 is 0. The van der Waals surface area contributed by atoms with Crippen LogP contribution in [0.15, 0.2) is 28.8 Å². The Morgan fingerprint density at radius 3 is 2.57 bits per heavy atom. The highest BCUT2D eigenvalue weighted by molar-refractivity contribution is 5.78. The zero-order chi connectivity index (χ0) is 16.7. The van der Waals surface area contributed by atoms with Crippen LogP contribution in [0.5, 0.6) is 5.75 Å². The fourth-order valence-corrected chi connectivity index (χ4v) is 2.26. The number of rotatable bonds is 8. The number of nitrogens with one attached hydrogen (secondary N) is 1. The molecule has 0 fully saturated rings. The third kappa shape index (κ3) is 5.43. The zero-order valence-electron chi connectivity index (χ0n) is 14.0. The summed E-state index contributed by atoms with van der Waals surface area (Å²) in [7, 11) is 0. The van der Waals surface area contributed by atoms with Gasteiger partial charge in [0.1, 0.15) is 11.5 Å². The molecular weight excluding hydrogens is 292 g/mol. The molecule has 0 saturated heterocycles. The lowest BCUT2D eigenvalue weighted by Crippen LogP contribution is -2.26. The molecule has 5 nitrogen and oxygen atoms in total. The zero-order valence-corrected chi connectivity index (χ0v) is 14.0. The van der Waals surface area contributed by atoms with Crippen molar-refractivity contribution in [2.75, 3.05) is 13.2 Å². The van der Waals surface area contributed by atoms with Crippen molar-refractivity contribution in [3.05, 3.63) is 46.8 Å². The summed E-state index contributed by atoms with van der Waals surface area (Å²) in [5.74, 6) is 1.60. The van der Waals surface area contributed by atoms with Crippen molar-refractivity contribution in [1.29, 1.82) is 0 Å². The second kappa shape index (κ2) is 8.36. The fourth-order valence-electron chi connectivity index (χ4n) is 2.26. The first-order valence-corrected chi connectivity index (χ1v) is 7.94. The van der Waals surface area contributed by atoms with Crippen LogP contribution in [0.3, 0.4) is 0 Å². The fraction of sp³-hybridized carbons (Fsp3) is 0.444. The standard InChI is InChI=1S/C18H24N2O3/c1-13-6-8-16(9-7-13)22-11-5-4-10-19-18(21)12-17-14(2)20-23-15(17)3/h6-9H,4-5,10-12H2,1-3H3,(H,19,21). The van der Waals surface area contributed by atoms with E-state index >= 15 is 0 Å². The molecule has 1 N–H and O–H groups in total. The predicted molar refractivity (Wildman–Crippen MR) is 88.6 cm³/mol. The van der Waals surface area contributed by atoms with Gasteiger partial charge in [-0.3, -0.25) is 4.79 Å². The van der Waals surface area contributed by atoms with Gasteiger partial charge < -0.3 is 14.6 Å². The maximum Gasteiger partial charge on any atom is 0.224 e. The van der Waals surface area contributed by atoms with Gasteiger partial charge in [-0.2, -0.15) is 0 Å². The molecule has 0 radical (unpaired) electrons. The number of nitrogens with zero attached hydrogens (tertiary/aromatic N) is 1. The first-order chi connectivity index (χ1) is 11.1. The maximum atomic E-state index is 11.9. The number of aromatic nitrogens is 1. The molecule has 1 amide bonds. The number of hydrogen-bond acceptors (Lipinski definition) is 4. The van der Waals surface area contributed by atoms with Gasteiger partial charge in [-0.1, -0.05) is 22.9 Å². The Labute approximate surface area is 137 Å².